The molecule has 2 heterocycles. The van der Waals surface area contributed by atoms with Gasteiger partial charge in [-0.15, -0.1) is 0 Å². The molecule has 0 radical (unpaired) electrons. The van der Waals surface area contributed by atoms with E-state index in [1.807, 2.05) is 30.3 Å². The molecule has 3 aromatic rings. The van der Waals surface area contributed by atoms with Gasteiger partial charge in [0.25, 0.3) is 11.8 Å². The fourth-order valence-corrected chi connectivity index (χ4v) is 4.09. The number of anilines is 1. The van der Waals surface area contributed by atoms with Crippen LogP contribution < -0.4 is 10.6 Å². The first-order chi connectivity index (χ1) is 18.7. The fraction of sp³-hybridized carbons (Fsp3) is 0.192. The van der Waals surface area contributed by atoms with E-state index in [9.17, 15) is 27.9 Å². The molecule has 0 spiro atoms. The molecule has 0 bridgehead atoms. The Morgan fingerprint density at radius 2 is 1.82 bits per heavy atom. The number of carboxylic acids is 1. The van der Waals surface area contributed by atoms with Crippen molar-refractivity contribution in [2.75, 3.05) is 11.9 Å². The number of alkyl halides is 3. The first-order valence-electron chi connectivity index (χ1n) is 11.4. The van der Waals surface area contributed by atoms with Crippen LogP contribution >= 0.6 is 23.4 Å². The SMILES string of the molecule is CC(C)(CO)NC(=O)c1ccc(Cl)c(NC2=NC(=O)C(=Cc3ccc4ncccc4c3)S2)c1.O=C(O)C(F)(F)F. The Morgan fingerprint density at radius 1 is 1.12 bits per heavy atom. The molecule has 0 unspecified atom stereocenters. The van der Waals surface area contributed by atoms with Crippen molar-refractivity contribution in [1.82, 2.24) is 10.3 Å². The number of aliphatic imine (C=N–C) groups is 1. The molecule has 4 N–H and O–H groups in total. The molecular weight excluding hydrogens is 573 g/mol. The Bertz CT molecular complexity index is 1530. The van der Waals surface area contributed by atoms with Crippen molar-refractivity contribution < 1.29 is 37.8 Å². The number of hydrogen-bond donors (Lipinski definition) is 4. The van der Waals surface area contributed by atoms with Crippen LogP contribution in [0.25, 0.3) is 17.0 Å². The summed E-state index contributed by atoms with van der Waals surface area (Å²) in [6.45, 7) is 3.24. The van der Waals surface area contributed by atoms with Crippen molar-refractivity contribution in [1.29, 1.82) is 0 Å². The quantitative estimate of drug-likeness (QED) is 0.299. The van der Waals surface area contributed by atoms with E-state index in [4.69, 9.17) is 21.5 Å². The summed E-state index contributed by atoms with van der Waals surface area (Å²) in [5.74, 6) is -3.46. The van der Waals surface area contributed by atoms with E-state index in [0.717, 1.165) is 16.5 Å². The average Bonchev–Trinajstić information content (AvgIpc) is 3.23. The number of rotatable bonds is 5. The van der Waals surface area contributed by atoms with Gasteiger partial charge in [-0.05, 0) is 73.6 Å². The second-order valence-corrected chi connectivity index (χ2v) is 10.3. The van der Waals surface area contributed by atoms with Gasteiger partial charge in [-0.25, -0.2) is 4.79 Å². The minimum atomic E-state index is -5.08. The molecule has 0 saturated carbocycles. The molecule has 2 amide bonds. The number of fused-ring (bicyclic) bond motifs is 1. The molecule has 1 aliphatic heterocycles. The number of carbonyl (C=O) groups excluding carboxylic acids is 2. The van der Waals surface area contributed by atoms with Crippen molar-refractivity contribution in [3.8, 4) is 0 Å². The molecule has 1 aliphatic rings. The van der Waals surface area contributed by atoms with Gasteiger partial charge in [-0.2, -0.15) is 18.2 Å². The topological polar surface area (TPSA) is 141 Å². The zero-order valence-electron chi connectivity index (χ0n) is 20.9. The number of halogens is 4. The van der Waals surface area contributed by atoms with Crippen molar-refractivity contribution >= 4 is 69.0 Å². The van der Waals surface area contributed by atoms with Crippen LogP contribution in [-0.4, -0.2) is 56.5 Å². The van der Waals surface area contributed by atoms with Gasteiger partial charge in [0, 0.05) is 17.1 Å². The number of amides is 2. The van der Waals surface area contributed by atoms with Gasteiger partial charge >= 0.3 is 12.1 Å². The Labute approximate surface area is 235 Å². The molecule has 0 saturated heterocycles. The number of aromatic nitrogens is 1. The number of pyridine rings is 1. The number of hydrogen-bond acceptors (Lipinski definition) is 7. The first-order valence-corrected chi connectivity index (χ1v) is 12.6. The van der Waals surface area contributed by atoms with Gasteiger partial charge < -0.3 is 20.8 Å². The molecule has 40 heavy (non-hydrogen) atoms. The van der Waals surface area contributed by atoms with Crippen LogP contribution in [0.2, 0.25) is 5.02 Å². The Kier molecular flexibility index (Phi) is 9.56. The van der Waals surface area contributed by atoms with Crippen LogP contribution in [-0.2, 0) is 9.59 Å². The van der Waals surface area contributed by atoms with Gasteiger partial charge in [0.15, 0.2) is 5.17 Å². The maximum Gasteiger partial charge on any atom is 0.490 e. The number of benzene rings is 2. The smallest absolute Gasteiger partial charge is 0.475 e. The highest BCUT2D eigenvalue weighted by Gasteiger charge is 2.38. The van der Waals surface area contributed by atoms with Crippen LogP contribution in [0.15, 0.2) is 64.6 Å². The molecule has 2 aromatic carbocycles. The summed E-state index contributed by atoms with van der Waals surface area (Å²) in [4.78, 5) is 42.7. The highest BCUT2D eigenvalue weighted by Crippen LogP contribution is 2.32. The summed E-state index contributed by atoms with van der Waals surface area (Å²) in [7, 11) is 0. The predicted octanol–water partition coefficient (Wildman–Crippen LogP) is 5.10. The number of thioether (sulfide) groups is 1. The van der Waals surface area contributed by atoms with E-state index < -0.39 is 17.7 Å². The highest BCUT2D eigenvalue weighted by molar-refractivity contribution is 8.18. The van der Waals surface area contributed by atoms with Gasteiger partial charge in [0.05, 0.1) is 33.3 Å². The van der Waals surface area contributed by atoms with Gasteiger partial charge in [0.1, 0.15) is 0 Å². The maximum absolute atomic E-state index is 12.5. The molecule has 0 atom stereocenters. The van der Waals surface area contributed by atoms with Crippen molar-refractivity contribution in [2.24, 2.45) is 4.99 Å². The summed E-state index contributed by atoms with van der Waals surface area (Å²) in [5.41, 5.74) is 1.79. The van der Waals surface area contributed by atoms with E-state index in [0.29, 0.717) is 26.3 Å². The summed E-state index contributed by atoms with van der Waals surface area (Å²) >= 11 is 7.49. The minimum Gasteiger partial charge on any atom is -0.475 e. The largest absolute Gasteiger partial charge is 0.490 e. The lowest BCUT2D eigenvalue weighted by Crippen LogP contribution is -2.46. The zero-order chi connectivity index (χ0) is 29.7. The van der Waals surface area contributed by atoms with Crippen molar-refractivity contribution in [2.45, 2.75) is 25.6 Å². The van der Waals surface area contributed by atoms with E-state index in [1.165, 1.54) is 11.8 Å². The lowest BCUT2D eigenvalue weighted by atomic mass is 10.1. The van der Waals surface area contributed by atoms with E-state index >= 15 is 0 Å². The number of aliphatic hydroxyl groups excluding tert-OH is 1. The van der Waals surface area contributed by atoms with Gasteiger partial charge in [-0.1, -0.05) is 23.7 Å². The summed E-state index contributed by atoms with van der Waals surface area (Å²) in [6, 6.07) is 14.3. The van der Waals surface area contributed by atoms with Crippen molar-refractivity contribution in [3.05, 3.63) is 75.8 Å². The normalized spacial score (nSPS) is 14.4. The molecule has 0 aliphatic carbocycles. The first kappa shape index (κ1) is 30.6. The van der Waals surface area contributed by atoms with Crippen LogP contribution in [0.5, 0.6) is 0 Å². The number of amidine groups is 1. The predicted molar refractivity (Wildman–Crippen MR) is 147 cm³/mol. The molecule has 4 rings (SSSR count). The molecule has 0 fully saturated rings. The average molecular weight is 595 g/mol. The third kappa shape index (κ3) is 8.28. The van der Waals surface area contributed by atoms with E-state index in [2.05, 4.69) is 20.6 Å². The third-order valence-corrected chi connectivity index (χ3v) is 6.33. The van der Waals surface area contributed by atoms with E-state index in [-0.39, 0.29) is 18.4 Å². The minimum absolute atomic E-state index is 0.199. The second-order valence-electron chi connectivity index (χ2n) is 8.91. The number of aliphatic hydroxyl groups is 1. The zero-order valence-corrected chi connectivity index (χ0v) is 22.5. The summed E-state index contributed by atoms with van der Waals surface area (Å²) in [5, 5.41) is 24.0. The summed E-state index contributed by atoms with van der Waals surface area (Å²) < 4.78 is 31.7. The monoisotopic (exact) mass is 594 g/mol. The Balaban J connectivity index is 0.000000559. The highest BCUT2D eigenvalue weighted by atomic mass is 35.5. The number of aliphatic carboxylic acids is 1. The van der Waals surface area contributed by atoms with Crippen LogP contribution in [0.3, 0.4) is 0 Å². The molecule has 210 valence electrons. The number of carbonyl (C=O) groups is 3. The molecular formula is C26H22ClF3N4O5S. The number of carboxylic acid groups (broad SMARTS) is 1. The van der Waals surface area contributed by atoms with Crippen molar-refractivity contribution in [3.63, 3.8) is 0 Å². The van der Waals surface area contributed by atoms with Crippen LogP contribution in [0.1, 0.15) is 29.8 Å². The lowest BCUT2D eigenvalue weighted by Gasteiger charge is -2.23. The number of nitrogens with one attached hydrogen (secondary N) is 2. The summed E-state index contributed by atoms with van der Waals surface area (Å²) in [6.07, 6.45) is -1.57. The van der Waals surface area contributed by atoms with Crippen LogP contribution in [0, 0.1) is 0 Å². The Hall–Kier alpha value is -3.94. The van der Waals surface area contributed by atoms with E-state index in [1.54, 1.807) is 44.3 Å². The van der Waals surface area contributed by atoms with Crippen LogP contribution in [0.4, 0.5) is 18.9 Å². The van der Waals surface area contributed by atoms with Gasteiger partial charge in [-0.3, -0.25) is 14.6 Å². The lowest BCUT2D eigenvalue weighted by molar-refractivity contribution is -0.192. The standard InChI is InChI=1S/C24H21ClN4O3S.C2HF3O2/c1-24(2,13-30)29-21(31)16-6-7-17(25)19(12-16)27-23-28-22(32)20(33-23)11-14-5-8-18-15(10-14)4-3-9-26-18;3-2(4,5)1(6)7/h3-12,30H,13H2,1-2H3,(H,29,31)(H,27,28,32);(H,6,7). The fourth-order valence-electron chi connectivity index (χ4n) is 3.09. The molecule has 1 aromatic heterocycles. The third-order valence-electron chi connectivity index (χ3n) is 5.11. The molecule has 9 nitrogen and oxygen atoms in total. The molecule has 14 heteroatoms. The second kappa shape index (κ2) is 12.5. The maximum atomic E-state index is 12.5. The Morgan fingerprint density at radius 3 is 2.48 bits per heavy atom. The number of nitrogens with zero attached hydrogens (tertiary/aromatic N) is 2. The van der Waals surface area contributed by atoms with Gasteiger partial charge in [0.2, 0.25) is 0 Å².